The van der Waals surface area contributed by atoms with Gasteiger partial charge in [-0.05, 0) is 12.1 Å². The first-order valence-corrected chi connectivity index (χ1v) is 8.90. The van der Waals surface area contributed by atoms with E-state index in [1.54, 1.807) is 24.3 Å². The number of hydrazine groups is 1. The highest BCUT2D eigenvalue weighted by Gasteiger charge is 2.43. The number of rotatable bonds is 5. The molecule has 2 aliphatic rings. The van der Waals surface area contributed by atoms with Gasteiger partial charge in [-0.3, -0.25) is 14.5 Å². The van der Waals surface area contributed by atoms with Crippen molar-refractivity contribution in [1.82, 2.24) is 14.9 Å². The van der Waals surface area contributed by atoms with Crippen molar-refractivity contribution < 1.29 is 29.4 Å². The van der Waals surface area contributed by atoms with Crippen LogP contribution in [0.5, 0.6) is 0 Å². The summed E-state index contributed by atoms with van der Waals surface area (Å²) >= 11 is 0. The van der Waals surface area contributed by atoms with Gasteiger partial charge in [0.1, 0.15) is 0 Å². The van der Waals surface area contributed by atoms with E-state index < -0.39 is 11.9 Å². The molecule has 0 bridgehead atoms. The minimum Gasteiger partial charge on any atom is -0.478 e. The molecule has 0 saturated carbocycles. The molecule has 2 amide bonds. The molecule has 2 aliphatic heterocycles. The number of nitrogens with zero attached hydrogens (tertiary/aromatic N) is 3. The predicted octanol–water partition coefficient (Wildman–Crippen LogP) is 0.935. The van der Waals surface area contributed by atoms with Crippen LogP contribution in [-0.2, 0) is 9.59 Å². The maximum absolute atomic E-state index is 12.5. The van der Waals surface area contributed by atoms with E-state index in [0.29, 0.717) is 23.3 Å². The van der Waals surface area contributed by atoms with Crippen LogP contribution in [-0.4, -0.2) is 81.1 Å². The lowest BCUT2D eigenvalue weighted by Crippen LogP contribution is -2.43. The highest BCUT2D eigenvalue weighted by atomic mass is 16.4. The van der Waals surface area contributed by atoms with Gasteiger partial charge in [-0.15, -0.1) is 0 Å². The van der Waals surface area contributed by atoms with Gasteiger partial charge in [0.15, 0.2) is 0 Å². The molecule has 1 aromatic rings. The highest BCUT2D eigenvalue weighted by molar-refractivity contribution is 6.21. The predicted molar refractivity (Wildman–Crippen MR) is 99.6 cm³/mol. The van der Waals surface area contributed by atoms with E-state index in [1.807, 2.05) is 0 Å². The van der Waals surface area contributed by atoms with Crippen LogP contribution < -0.4 is 0 Å². The molecule has 28 heavy (non-hydrogen) atoms. The molecule has 3 rings (SSSR count). The van der Waals surface area contributed by atoms with Gasteiger partial charge in [-0.1, -0.05) is 26.0 Å². The first-order chi connectivity index (χ1) is 13.3. The molecule has 1 fully saturated rings. The van der Waals surface area contributed by atoms with Crippen LogP contribution in [0.15, 0.2) is 36.4 Å². The number of likely N-dealkylation sites (N-methyl/N-ethyl adjacent to an activating group) is 2. The Hall–Kier alpha value is -3.04. The molecule has 0 unspecified atom stereocenters. The third-order valence-electron chi connectivity index (χ3n) is 4.53. The quantitative estimate of drug-likeness (QED) is 0.564. The third kappa shape index (κ3) is 4.62. The lowest BCUT2D eigenvalue weighted by atomic mass is 10.1. The summed E-state index contributed by atoms with van der Waals surface area (Å²) in [5.74, 6) is -2.81. The minimum absolute atomic E-state index is 0.0534. The van der Waals surface area contributed by atoms with Gasteiger partial charge in [0.25, 0.3) is 11.8 Å². The summed E-state index contributed by atoms with van der Waals surface area (Å²) in [4.78, 5) is 45.5. The second kappa shape index (κ2) is 9.25. The van der Waals surface area contributed by atoms with Crippen molar-refractivity contribution in [2.24, 2.45) is 0 Å². The zero-order chi connectivity index (χ0) is 20.8. The fourth-order valence-electron chi connectivity index (χ4n) is 3.28. The van der Waals surface area contributed by atoms with Gasteiger partial charge in [0.05, 0.1) is 17.2 Å². The van der Waals surface area contributed by atoms with Crippen molar-refractivity contribution in [2.45, 2.75) is 19.9 Å². The molecule has 9 nitrogen and oxygen atoms in total. The Morgan fingerprint density at radius 3 is 1.64 bits per heavy atom. The lowest BCUT2D eigenvalue weighted by molar-refractivity contribution is -0.134. The number of fused-ring (bicyclic) bond motifs is 1. The lowest BCUT2D eigenvalue weighted by Gasteiger charge is -2.24. The normalized spacial score (nSPS) is 17.7. The smallest absolute Gasteiger partial charge is 0.328 e. The second-order valence-electron chi connectivity index (χ2n) is 6.20. The van der Waals surface area contributed by atoms with E-state index in [2.05, 4.69) is 23.9 Å². The van der Waals surface area contributed by atoms with E-state index in [9.17, 15) is 19.2 Å². The van der Waals surface area contributed by atoms with Crippen LogP contribution in [0.1, 0.15) is 34.6 Å². The maximum atomic E-state index is 12.5. The third-order valence-corrected chi connectivity index (χ3v) is 4.53. The largest absolute Gasteiger partial charge is 0.478 e. The Labute approximate surface area is 162 Å². The van der Waals surface area contributed by atoms with Crippen molar-refractivity contribution in [1.29, 1.82) is 0 Å². The maximum Gasteiger partial charge on any atom is 0.328 e. The minimum atomic E-state index is -1.26. The van der Waals surface area contributed by atoms with Crippen molar-refractivity contribution in [3.05, 3.63) is 47.5 Å². The molecule has 2 heterocycles. The Balaban J connectivity index is 0.000000300. The molecule has 0 radical (unpaired) electrons. The van der Waals surface area contributed by atoms with Crippen molar-refractivity contribution >= 4 is 23.8 Å². The Morgan fingerprint density at radius 2 is 1.32 bits per heavy atom. The van der Waals surface area contributed by atoms with Gasteiger partial charge >= 0.3 is 11.9 Å². The summed E-state index contributed by atoms with van der Waals surface area (Å²) in [5, 5.41) is 20.0. The summed E-state index contributed by atoms with van der Waals surface area (Å²) in [7, 11) is 0. The number of carbonyl (C=O) groups is 4. The van der Waals surface area contributed by atoms with Crippen molar-refractivity contribution in [2.75, 3.05) is 26.2 Å². The van der Waals surface area contributed by atoms with E-state index >= 15 is 0 Å². The van der Waals surface area contributed by atoms with Gasteiger partial charge in [0, 0.05) is 38.3 Å². The highest BCUT2D eigenvalue weighted by Crippen LogP contribution is 2.27. The van der Waals surface area contributed by atoms with Gasteiger partial charge in [0.2, 0.25) is 0 Å². The van der Waals surface area contributed by atoms with E-state index in [4.69, 9.17) is 10.2 Å². The Morgan fingerprint density at radius 1 is 0.929 bits per heavy atom. The number of carbonyl (C=O) groups excluding carboxylic acids is 2. The number of benzene rings is 1. The molecule has 9 heteroatoms. The van der Waals surface area contributed by atoms with Crippen LogP contribution in [0.2, 0.25) is 0 Å². The zero-order valence-electron chi connectivity index (χ0n) is 15.7. The molecule has 2 N–H and O–H groups in total. The number of carboxylic acid groups (broad SMARTS) is 2. The fraction of sp³-hybridized carbons (Fsp3) is 0.368. The van der Waals surface area contributed by atoms with Crippen LogP contribution in [0.3, 0.4) is 0 Å². The fourth-order valence-corrected chi connectivity index (χ4v) is 3.28. The number of imide groups is 1. The number of amides is 2. The summed E-state index contributed by atoms with van der Waals surface area (Å²) in [6, 6.07) is 7.03. The molecule has 0 aromatic heterocycles. The zero-order valence-corrected chi connectivity index (χ0v) is 15.7. The molecule has 1 saturated heterocycles. The molecule has 150 valence electrons. The first kappa shape index (κ1) is 21.3. The molecule has 0 atom stereocenters. The van der Waals surface area contributed by atoms with Crippen LogP contribution >= 0.6 is 0 Å². The number of hydrogen-bond acceptors (Lipinski definition) is 6. The second-order valence-corrected chi connectivity index (χ2v) is 6.20. The van der Waals surface area contributed by atoms with E-state index in [-0.39, 0.29) is 17.9 Å². The van der Waals surface area contributed by atoms with E-state index in [0.717, 1.165) is 26.2 Å². The Bertz CT molecular complexity index is 744. The number of hydrogen-bond donors (Lipinski definition) is 2. The van der Waals surface area contributed by atoms with Crippen LogP contribution in [0.4, 0.5) is 0 Å². The van der Waals surface area contributed by atoms with Gasteiger partial charge in [-0.25, -0.2) is 19.6 Å². The van der Waals surface area contributed by atoms with Gasteiger partial charge in [-0.2, -0.15) is 0 Å². The van der Waals surface area contributed by atoms with Crippen LogP contribution in [0, 0.1) is 0 Å². The number of aliphatic carboxylic acids is 2. The Kier molecular flexibility index (Phi) is 7.02. The van der Waals surface area contributed by atoms with Crippen molar-refractivity contribution in [3.8, 4) is 0 Å². The average molecular weight is 389 g/mol. The topological polar surface area (TPSA) is 118 Å². The monoisotopic (exact) mass is 389 g/mol. The summed E-state index contributed by atoms with van der Waals surface area (Å²) < 4.78 is 0. The van der Waals surface area contributed by atoms with Crippen molar-refractivity contribution in [3.63, 3.8) is 0 Å². The molecular weight excluding hydrogens is 366 g/mol. The van der Waals surface area contributed by atoms with E-state index in [1.165, 1.54) is 4.90 Å². The summed E-state index contributed by atoms with van der Waals surface area (Å²) in [6.45, 7) is 7.44. The molecule has 1 aromatic carbocycles. The standard InChI is InChI=1S/C15H19N3O2.C4H4O4/c1-3-16-9-11(10-17(16)4-2)18-14(19)12-7-5-6-8-13(12)15(18)20;5-3(6)1-2-4(7)8/h5-8,11H,3-4,9-10H2,1-2H3;1-2H,(H,5,6)(H,7,8). The molecule has 0 aliphatic carbocycles. The average Bonchev–Trinajstić information content (AvgIpc) is 3.19. The van der Waals surface area contributed by atoms with Crippen LogP contribution in [0.25, 0.3) is 0 Å². The summed E-state index contributed by atoms with van der Waals surface area (Å²) in [6.07, 6.45) is 1.12. The number of carboxylic acids is 2. The SMILES string of the molecule is CCN1CC(N2C(=O)c3ccccc3C2=O)CN1CC.O=C(O)C=CC(=O)O. The molecule has 0 spiro atoms. The summed E-state index contributed by atoms with van der Waals surface area (Å²) in [5.41, 5.74) is 1.07. The van der Waals surface area contributed by atoms with Gasteiger partial charge < -0.3 is 10.2 Å². The molecular formula is C19H23N3O6. The first-order valence-electron chi connectivity index (χ1n) is 8.90.